The van der Waals surface area contributed by atoms with E-state index in [9.17, 15) is 0 Å². The molecule has 0 unspecified atom stereocenters. The monoisotopic (exact) mass is 248 g/mol. The van der Waals surface area contributed by atoms with Crippen LogP contribution in [0, 0.1) is 0 Å². The Balaban J connectivity index is 1.82. The third-order valence-corrected chi connectivity index (χ3v) is 3.73. The van der Waals surface area contributed by atoms with E-state index in [-0.39, 0.29) is 0 Å². The third-order valence-electron chi connectivity index (χ3n) is 3.73. The highest BCUT2D eigenvalue weighted by atomic mass is 16.5. The van der Waals surface area contributed by atoms with Crippen LogP contribution in [-0.4, -0.2) is 37.7 Å². The summed E-state index contributed by atoms with van der Waals surface area (Å²) in [7, 11) is 1.82. The second-order valence-corrected chi connectivity index (χ2v) is 5.07. The molecule has 0 saturated carbocycles. The summed E-state index contributed by atoms with van der Waals surface area (Å²) >= 11 is 0. The van der Waals surface area contributed by atoms with E-state index in [0.717, 1.165) is 45.4 Å². The Bertz CT molecular complexity index is 342. The van der Waals surface area contributed by atoms with E-state index < -0.39 is 0 Å². The molecule has 2 rings (SSSR count). The molecule has 1 heterocycles. The van der Waals surface area contributed by atoms with Gasteiger partial charge in [0, 0.05) is 26.7 Å². The first-order valence-corrected chi connectivity index (χ1v) is 6.85. The van der Waals surface area contributed by atoms with Gasteiger partial charge in [0.1, 0.15) is 0 Å². The van der Waals surface area contributed by atoms with Crippen LogP contribution in [0.4, 0.5) is 0 Å². The van der Waals surface area contributed by atoms with Gasteiger partial charge in [-0.1, -0.05) is 24.3 Å². The van der Waals surface area contributed by atoms with Gasteiger partial charge in [0.25, 0.3) is 0 Å². The van der Waals surface area contributed by atoms with Gasteiger partial charge in [-0.3, -0.25) is 4.90 Å². The zero-order valence-electron chi connectivity index (χ0n) is 11.3. The molecule has 3 heteroatoms. The summed E-state index contributed by atoms with van der Waals surface area (Å²) in [5.41, 5.74) is 8.28. The van der Waals surface area contributed by atoms with Crippen LogP contribution in [0.25, 0.3) is 0 Å². The minimum atomic E-state index is 0.466. The van der Waals surface area contributed by atoms with Crippen LogP contribution in [0.2, 0.25) is 0 Å². The molecule has 0 spiro atoms. The Labute approximate surface area is 110 Å². The molecule has 0 atom stereocenters. The molecule has 1 aliphatic heterocycles. The van der Waals surface area contributed by atoms with Crippen LogP contribution in [0.3, 0.4) is 0 Å². The Morgan fingerprint density at radius 2 is 1.78 bits per heavy atom. The normalized spacial score (nSPS) is 18.1. The molecule has 18 heavy (non-hydrogen) atoms. The summed E-state index contributed by atoms with van der Waals surface area (Å²) in [5.74, 6) is 0. The predicted octanol–water partition coefficient (Wildman–Crippen LogP) is 1.80. The molecule has 2 N–H and O–H groups in total. The van der Waals surface area contributed by atoms with Gasteiger partial charge in [-0.05, 0) is 36.9 Å². The fourth-order valence-corrected chi connectivity index (χ4v) is 2.54. The van der Waals surface area contributed by atoms with Gasteiger partial charge < -0.3 is 10.5 Å². The van der Waals surface area contributed by atoms with Crippen molar-refractivity contribution in [2.45, 2.75) is 31.9 Å². The highest BCUT2D eigenvalue weighted by Crippen LogP contribution is 2.16. The quantitative estimate of drug-likeness (QED) is 0.863. The van der Waals surface area contributed by atoms with Crippen molar-refractivity contribution in [1.29, 1.82) is 0 Å². The maximum Gasteiger partial charge on any atom is 0.0595 e. The Hall–Kier alpha value is -0.900. The summed E-state index contributed by atoms with van der Waals surface area (Å²) in [6.45, 7) is 4.06. The molecule has 0 aliphatic carbocycles. The summed E-state index contributed by atoms with van der Waals surface area (Å²) in [5, 5.41) is 0. The van der Waals surface area contributed by atoms with Crippen molar-refractivity contribution in [1.82, 2.24) is 4.90 Å². The van der Waals surface area contributed by atoms with Gasteiger partial charge >= 0.3 is 0 Å². The average molecular weight is 248 g/mol. The maximum absolute atomic E-state index is 5.55. The van der Waals surface area contributed by atoms with Crippen LogP contribution in [0.1, 0.15) is 24.0 Å². The lowest BCUT2D eigenvalue weighted by atomic mass is 10.1. The molecule has 1 aromatic carbocycles. The van der Waals surface area contributed by atoms with E-state index >= 15 is 0 Å². The number of nitrogens with two attached hydrogens (primary N) is 1. The molecule has 0 amide bonds. The standard InChI is InChI=1S/C15H24N2O/c1-18-15-7-10-17(11-8-15)12-14-4-2-13(3-5-14)6-9-16/h2-5,15H,6-12,16H2,1H3. The fraction of sp³-hybridized carbons (Fsp3) is 0.600. The molecule has 0 bridgehead atoms. The zero-order chi connectivity index (χ0) is 12.8. The van der Waals surface area contributed by atoms with E-state index in [2.05, 4.69) is 29.2 Å². The van der Waals surface area contributed by atoms with Crippen molar-refractivity contribution >= 4 is 0 Å². The lowest BCUT2D eigenvalue weighted by Gasteiger charge is -2.31. The second-order valence-electron chi connectivity index (χ2n) is 5.07. The van der Waals surface area contributed by atoms with Crippen molar-refractivity contribution in [3.63, 3.8) is 0 Å². The number of nitrogens with zero attached hydrogens (tertiary/aromatic N) is 1. The number of rotatable bonds is 5. The highest BCUT2D eigenvalue weighted by molar-refractivity contribution is 5.22. The van der Waals surface area contributed by atoms with E-state index in [1.807, 2.05) is 7.11 Å². The summed E-state index contributed by atoms with van der Waals surface area (Å²) in [4.78, 5) is 2.51. The van der Waals surface area contributed by atoms with Crippen molar-refractivity contribution in [3.8, 4) is 0 Å². The first kappa shape index (κ1) is 13.5. The van der Waals surface area contributed by atoms with Crippen molar-refractivity contribution in [2.75, 3.05) is 26.7 Å². The lowest BCUT2D eigenvalue weighted by Crippen LogP contribution is -2.36. The lowest BCUT2D eigenvalue weighted by molar-refractivity contribution is 0.0388. The topological polar surface area (TPSA) is 38.5 Å². The highest BCUT2D eigenvalue weighted by Gasteiger charge is 2.18. The first-order chi connectivity index (χ1) is 8.81. The van der Waals surface area contributed by atoms with E-state index in [4.69, 9.17) is 10.5 Å². The third kappa shape index (κ3) is 3.80. The van der Waals surface area contributed by atoms with Crippen molar-refractivity contribution < 1.29 is 4.74 Å². The zero-order valence-corrected chi connectivity index (χ0v) is 11.3. The SMILES string of the molecule is COC1CCN(Cc2ccc(CCN)cc2)CC1. The first-order valence-electron chi connectivity index (χ1n) is 6.85. The van der Waals surface area contributed by atoms with Gasteiger partial charge in [0.05, 0.1) is 6.10 Å². The molecular weight excluding hydrogens is 224 g/mol. The van der Waals surface area contributed by atoms with Crippen molar-refractivity contribution in [2.24, 2.45) is 5.73 Å². The maximum atomic E-state index is 5.55. The van der Waals surface area contributed by atoms with E-state index in [1.54, 1.807) is 0 Å². The van der Waals surface area contributed by atoms with Gasteiger partial charge in [-0.25, -0.2) is 0 Å². The van der Waals surface area contributed by atoms with Crippen LogP contribution in [0.5, 0.6) is 0 Å². The molecule has 0 radical (unpaired) electrons. The molecule has 0 aromatic heterocycles. The number of piperidine rings is 1. The fourth-order valence-electron chi connectivity index (χ4n) is 2.54. The summed E-state index contributed by atoms with van der Waals surface area (Å²) in [6.07, 6.45) is 3.75. The largest absolute Gasteiger partial charge is 0.381 e. The van der Waals surface area contributed by atoms with Crippen LogP contribution >= 0.6 is 0 Å². The summed E-state index contributed by atoms with van der Waals surface area (Å²) in [6, 6.07) is 8.86. The Morgan fingerprint density at radius 1 is 1.17 bits per heavy atom. The van der Waals surface area contributed by atoms with Crippen molar-refractivity contribution in [3.05, 3.63) is 35.4 Å². The van der Waals surface area contributed by atoms with E-state index in [0.29, 0.717) is 6.10 Å². The smallest absolute Gasteiger partial charge is 0.0595 e. The second kappa shape index (κ2) is 6.88. The molecule has 3 nitrogen and oxygen atoms in total. The Kier molecular flexibility index (Phi) is 5.17. The van der Waals surface area contributed by atoms with Gasteiger partial charge in [0.15, 0.2) is 0 Å². The number of likely N-dealkylation sites (tertiary alicyclic amines) is 1. The van der Waals surface area contributed by atoms with Crippen LogP contribution in [-0.2, 0) is 17.7 Å². The van der Waals surface area contributed by atoms with Crippen LogP contribution in [0.15, 0.2) is 24.3 Å². The summed E-state index contributed by atoms with van der Waals surface area (Å²) < 4.78 is 5.39. The molecule has 1 aromatic rings. The average Bonchev–Trinajstić information content (AvgIpc) is 2.42. The molecular formula is C15H24N2O. The van der Waals surface area contributed by atoms with Gasteiger partial charge in [0.2, 0.25) is 0 Å². The number of hydrogen-bond acceptors (Lipinski definition) is 3. The van der Waals surface area contributed by atoms with Gasteiger partial charge in [-0.15, -0.1) is 0 Å². The predicted molar refractivity (Wildman–Crippen MR) is 74.5 cm³/mol. The van der Waals surface area contributed by atoms with Crippen LogP contribution < -0.4 is 5.73 Å². The minimum Gasteiger partial charge on any atom is -0.381 e. The number of benzene rings is 1. The molecule has 100 valence electrons. The van der Waals surface area contributed by atoms with E-state index in [1.165, 1.54) is 11.1 Å². The minimum absolute atomic E-state index is 0.466. The Morgan fingerprint density at radius 3 is 2.33 bits per heavy atom. The number of methoxy groups -OCH3 is 1. The molecule has 1 fully saturated rings. The number of hydrogen-bond donors (Lipinski definition) is 1. The molecule has 1 aliphatic rings. The van der Waals surface area contributed by atoms with Gasteiger partial charge in [-0.2, -0.15) is 0 Å². The molecule has 1 saturated heterocycles. The number of ether oxygens (including phenoxy) is 1.